The summed E-state index contributed by atoms with van der Waals surface area (Å²) in [6.07, 6.45) is 0.878. The van der Waals surface area contributed by atoms with Crippen LogP contribution in [0.5, 0.6) is 0 Å². The first-order valence-electron chi connectivity index (χ1n) is 4.53. The van der Waals surface area contributed by atoms with Gasteiger partial charge in [0.15, 0.2) is 6.10 Å². The highest BCUT2D eigenvalue weighted by atomic mass is 35.5. The van der Waals surface area contributed by atoms with Gasteiger partial charge in [0.2, 0.25) is 0 Å². The summed E-state index contributed by atoms with van der Waals surface area (Å²) in [7, 11) is 0. The lowest BCUT2D eigenvalue weighted by Crippen LogP contribution is -2.27. The fourth-order valence-electron chi connectivity index (χ4n) is 0.711. The summed E-state index contributed by atoms with van der Waals surface area (Å²) in [6.45, 7) is 3.81. The van der Waals surface area contributed by atoms with Crippen LogP contribution in [0, 0.1) is 0 Å². The minimum atomic E-state index is -0.877. The molecule has 82 valence electrons. The Labute approximate surface area is 88.5 Å². The van der Waals surface area contributed by atoms with E-state index in [0.717, 1.165) is 12.8 Å². The molecule has 0 saturated heterocycles. The first kappa shape index (κ1) is 13.2. The molecule has 0 N–H and O–H groups in total. The predicted molar refractivity (Wildman–Crippen MR) is 52.1 cm³/mol. The molecule has 0 saturated carbocycles. The van der Waals surface area contributed by atoms with E-state index in [0.29, 0.717) is 6.61 Å². The first-order valence-corrected chi connectivity index (χ1v) is 5.07. The maximum absolute atomic E-state index is 11.1. The molecule has 1 atom stereocenters. The Morgan fingerprint density at radius 3 is 2.57 bits per heavy atom. The summed E-state index contributed by atoms with van der Waals surface area (Å²) in [5.74, 6) is -1.41. The molecule has 14 heavy (non-hydrogen) atoms. The highest BCUT2D eigenvalue weighted by molar-refractivity contribution is 6.26. The second-order valence-electron chi connectivity index (χ2n) is 2.79. The monoisotopic (exact) mass is 222 g/mol. The van der Waals surface area contributed by atoms with Gasteiger partial charge in [0.05, 0.1) is 6.61 Å². The van der Waals surface area contributed by atoms with Gasteiger partial charge in [0.25, 0.3) is 0 Å². The minimum absolute atomic E-state index is 0.257. The molecule has 5 heteroatoms. The Balaban J connectivity index is 3.70. The van der Waals surface area contributed by atoms with E-state index in [1.807, 2.05) is 6.92 Å². The van der Waals surface area contributed by atoms with Crippen LogP contribution in [-0.4, -0.2) is 30.5 Å². The van der Waals surface area contributed by atoms with E-state index >= 15 is 0 Å². The zero-order chi connectivity index (χ0) is 11.0. The SMILES string of the molecule is CCCCOC(=O)C(C)OC(=O)CCl. The number of rotatable bonds is 6. The van der Waals surface area contributed by atoms with Crippen LogP contribution in [0.15, 0.2) is 0 Å². The second-order valence-corrected chi connectivity index (χ2v) is 3.05. The number of halogens is 1. The van der Waals surface area contributed by atoms with E-state index < -0.39 is 18.0 Å². The lowest BCUT2D eigenvalue weighted by Gasteiger charge is -2.11. The summed E-state index contributed by atoms with van der Waals surface area (Å²) in [5, 5.41) is 0. The number of carbonyl (C=O) groups is 2. The molecular weight excluding hydrogens is 208 g/mol. The molecule has 0 aromatic carbocycles. The minimum Gasteiger partial charge on any atom is -0.463 e. The van der Waals surface area contributed by atoms with Crippen molar-refractivity contribution in [2.24, 2.45) is 0 Å². The predicted octanol–water partition coefficient (Wildman–Crippen LogP) is 1.50. The van der Waals surface area contributed by atoms with Crippen LogP contribution in [0.2, 0.25) is 0 Å². The molecule has 0 aromatic rings. The van der Waals surface area contributed by atoms with Gasteiger partial charge in [-0.25, -0.2) is 4.79 Å². The van der Waals surface area contributed by atoms with Crippen molar-refractivity contribution >= 4 is 23.5 Å². The largest absolute Gasteiger partial charge is 0.463 e. The average Bonchev–Trinajstić information content (AvgIpc) is 2.17. The third-order valence-electron chi connectivity index (χ3n) is 1.49. The highest BCUT2D eigenvalue weighted by Crippen LogP contribution is 1.98. The Kier molecular flexibility index (Phi) is 7.20. The molecule has 0 radical (unpaired) electrons. The van der Waals surface area contributed by atoms with Crippen molar-refractivity contribution in [3.63, 3.8) is 0 Å². The van der Waals surface area contributed by atoms with E-state index in [-0.39, 0.29) is 5.88 Å². The van der Waals surface area contributed by atoms with E-state index in [1.54, 1.807) is 0 Å². The summed E-state index contributed by atoms with van der Waals surface area (Å²) < 4.78 is 9.48. The third kappa shape index (κ3) is 5.80. The lowest BCUT2D eigenvalue weighted by molar-refractivity contribution is -0.165. The fraction of sp³-hybridized carbons (Fsp3) is 0.778. The van der Waals surface area contributed by atoms with Crippen LogP contribution in [0.3, 0.4) is 0 Å². The molecule has 0 heterocycles. The number of carbonyl (C=O) groups excluding carboxylic acids is 2. The van der Waals surface area contributed by atoms with E-state index in [9.17, 15) is 9.59 Å². The van der Waals surface area contributed by atoms with Crippen molar-refractivity contribution < 1.29 is 19.1 Å². The van der Waals surface area contributed by atoms with Gasteiger partial charge in [0.1, 0.15) is 5.88 Å². The number of hydrogen-bond donors (Lipinski definition) is 0. The summed E-state index contributed by atoms with van der Waals surface area (Å²) in [4.78, 5) is 21.8. The lowest BCUT2D eigenvalue weighted by atomic mass is 10.3. The Bertz CT molecular complexity index is 193. The fourth-order valence-corrected chi connectivity index (χ4v) is 0.774. The van der Waals surface area contributed by atoms with E-state index in [2.05, 4.69) is 4.74 Å². The van der Waals surface area contributed by atoms with Crippen molar-refractivity contribution in [3.05, 3.63) is 0 Å². The first-order chi connectivity index (χ1) is 6.61. The number of alkyl halides is 1. The van der Waals surface area contributed by atoms with Crippen molar-refractivity contribution in [2.75, 3.05) is 12.5 Å². The molecule has 1 unspecified atom stereocenters. The van der Waals surface area contributed by atoms with Gasteiger partial charge in [0, 0.05) is 0 Å². The standard InChI is InChI=1S/C9H15ClO4/c1-3-4-5-13-9(12)7(2)14-8(11)6-10/h7H,3-6H2,1-2H3. The zero-order valence-electron chi connectivity index (χ0n) is 8.42. The van der Waals surface area contributed by atoms with Crippen LogP contribution in [0.25, 0.3) is 0 Å². The molecule has 4 nitrogen and oxygen atoms in total. The Morgan fingerprint density at radius 2 is 2.07 bits per heavy atom. The smallest absolute Gasteiger partial charge is 0.347 e. The van der Waals surface area contributed by atoms with Crippen molar-refractivity contribution in [1.82, 2.24) is 0 Å². The molecule has 0 aliphatic heterocycles. The quantitative estimate of drug-likeness (QED) is 0.388. The molecule has 0 aliphatic rings. The topological polar surface area (TPSA) is 52.6 Å². The Morgan fingerprint density at radius 1 is 1.43 bits per heavy atom. The molecular formula is C9H15ClO4. The van der Waals surface area contributed by atoms with E-state index in [1.165, 1.54) is 6.92 Å². The highest BCUT2D eigenvalue weighted by Gasteiger charge is 2.18. The summed E-state index contributed by atoms with van der Waals surface area (Å²) in [5.41, 5.74) is 0. The zero-order valence-corrected chi connectivity index (χ0v) is 9.17. The Hall–Kier alpha value is -0.770. The summed E-state index contributed by atoms with van der Waals surface area (Å²) in [6, 6.07) is 0. The van der Waals surface area contributed by atoms with Gasteiger partial charge >= 0.3 is 11.9 Å². The maximum atomic E-state index is 11.1. The van der Waals surface area contributed by atoms with Gasteiger partial charge in [-0.3, -0.25) is 4.79 Å². The second kappa shape index (κ2) is 7.62. The van der Waals surface area contributed by atoms with Crippen molar-refractivity contribution in [2.45, 2.75) is 32.8 Å². The summed E-state index contributed by atoms with van der Waals surface area (Å²) >= 11 is 5.20. The number of unbranched alkanes of at least 4 members (excludes halogenated alkanes) is 1. The van der Waals surface area contributed by atoms with Crippen LogP contribution in [0.1, 0.15) is 26.7 Å². The van der Waals surface area contributed by atoms with Crippen LogP contribution >= 0.6 is 11.6 Å². The molecule has 0 rings (SSSR count). The van der Waals surface area contributed by atoms with Gasteiger partial charge in [-0.2, -0.15) is 0 Å². The number of ether oxygens (including phenoxy) is 2. The number of hydrogen-bond acceptors (Lipinski definition) is 4. The van der Waals surface area contributed by atoms with Crippen LogP contribution < -0.4 is 0 Å². The molecule has 0 fully saturated rings. The van der Waals surface area contributed by atoms with Crippen LogP contribution in [0.4, 0.5) is 0 Å². The van der Waals surface area contributed by atoms with Gasteiger partial charge < -0.3 is 9.47 Å². The third-order valence-corrected chi connectivity index (χ3v) is 1.71. The normalized spacial score (nSPS) is 11.9. The van der Waals surface area contributed by atoms with Gasteiger partial charge in [-0.1, -0.05) is 13.3 Å². The molecule has 0 aromatic heterocycles. The van der Waals surface area contributed by atoms with E-state index in [4.69, 9.17) is 16.3 Å². The van der Waals surface area contributed by atoms with Gasteiger partial charge in [-0.15, -0.1) is 11.6 Å². The maximum Gasteiger partial charge on any atom is 0.347 e. The van der Waals surface area contributed by atoms with Crippen molar-refractivity contribution in [1.29, 1.82) is 0 Å². The average molecular weight is 223 g/mol. The molecule has 0 amide bonds. The van der Waals surface area contributed by atoms with Gasteiger partial charge in [-0.05, 0) is 13.3 Å². The molecule has 0 bridgehead atoms. The molecule has 0 aliphatic carbocycles. The van der Waals surface area contributed by atoms with Crippen molar-refractivity contribution in [3.8, 4) is 0 Å². The number of esters is 2. The van der Waals surface area contributed by atoms with Crippen LogP contribution in [-0.2, 0) is 19.1 Å². The molecule has 0 spiro atoms.